The van der Waals surface area contributed by atoms with Crippen molar-refractivity contribution in [2.75, 3.05) is 12.8 Å². The largest absolute Gasteiger partial charge is 0.496 e. The third kappa shape index (κ3) is 1.89. The highest BCUT2D eigenvalue weighted by atomic mass is 16.6. The van der Waals surface area contributed by atoms with Gasteiger partial charge in [0.15, 0.2) is 0 Å². The number of nitrogen functional groups attached to an aromatic ring is 1. The van der Waals surface area contributed by atoms with Gasteiger partial charge >= 0.3 is 0 Å². The average molecular weight is 234 g/mol. The maximum absolute atomic E-state index is 10.7. The van der Waals surface area contributed by atoms with E-state index in [0.717, 1.165) is 0 Å². The van der Waals surface area contributed by atoms with Gasteiger partial charge in [0.25, 0.3) is 5.69 Å². The Hall–Kier alpha value is -2.57. The van der Waals surface area contributed by atoms with Crippen molar-refractivity contribution < 1.29 is 9.66 Å². The van der Waals surface area contributed by atoms with Gasteiger partial charge in [0, 0.05) is 12.1 Å². The number of nitrogens with one attached hydrogen (secondary N) is 1. The Labute approximate surface area is 96.4 Å². The molecule has 88 valence electrons. The van der Waals surface area contributed by atoms with Crippen molar-refractivity contribution in [1.29, 1.82) is 0 Å². The summed E-state index contributed by atoms with van der Waals surface area (Å²) in [7, 11) is 1.48. The second-order valence-corrected chi connectivity index (χ2v) is 3.34. The highest BCUT2D eigenvalue weighted by Gasteiger charge is 2.15. The zero-order valence-electron chi connectivity index (χ0n) is 9.01. The lowest BCUT2D eigenvalue weighted by Gasteiger charge is -2.07. The Morgan fingerprint density at radius 2 is 2.29 bits per heavy atom. The third-order valence-corrected chi connectivity index (χ3v) is 2.33. The zero-order valence-corrected chi connectivity index (χ0v) is 9.01. The third-order valence-electron chi connectivity index (χ3n) is 2.33. The van der Waals surface area contributed by atoms with Crippen LogP contribution < -0.4 is 10.5 Å². The van der Waals surface area contributed by atoms with E-state index in [2.05, 4.69) is 10.2 Å². The number of hydrogen-bond acceptors (Lipinski definition) is 5. The molecule has 7 nitrogen and oxygen atoms in total. The van der Waals surface area contributed by atoms with E-state index in [4.69, 9.17) is 10.5 Å². The van der Waals surface area contributed by atoms with Crippen LogP contribution in [0.3, 0.4) is 0 Å². The molecule has 0 saturated heterocycles. The highest BCUT2D eigenvalue weighted by Crippen LogP contribution is 2.34. The molecule has 1 heterocycles. The number of ether oxygens (including phenoxy) is 1. The number of anilines is 1. The summed E-state index contributed by atoms with van der Waals surface area (Å²) in [6, 6.07) is 4.28. The van der Waals surface area contributed by atoms with Crippen molar-refractivity contribution in [2.24, 2.45) is 0 Å². The van der Waals surface area contributed by atoms with Crippen LogP contribution >= 0.6 is 0 Å². The Balaban J connectivity index is 2.61. The number of H-pyrrole nitrogens is 1. The number of methoxy groups -OCH3 is 1. The standard InChI is InChI=1S/C10H10N4O3/c1-17-9-3-2-6(14(15)16)4-7(9)10-8(11)5-12-13-10/h2-5H,11H2,1H3,(H,12,13). The van der Waals surface area contributed by atoms with Crippen LogP contribution in [-0.4, -0.2) is 22.2 Å². The topological polar surface area (TPSA) is 107 Å². The van der Waals surface area contributed by atoms with Gasteiger partial charge in [-0.05, 0) is 6.07 Å². The van der Waals surface area contributed by atoms with Crippen LogP contribution in [-0.2, 0) is 0 Å². The van der Waals surface area contributed by atoms with Gasteiger partial charge in [-0.1, -0.05) is 0 Å². The number of non-ortho nitro benzene ring substituents is 1. The van der Waals surface area contributed by atoms with Crippen molar-refractivity contribution in [3.63, 3.8) is 0 Å². The lowest BCUT2D eigenvalue weighted by Crippen LogP contribution is -1.94. The number of aromatic amines is 1. The van der Waals surface area contributed by atoms with Crippen LogP contribution in [0.4, 0.5) is 11.4 Å². The predicted octanol–water partition coefficient (Wildman–Crippen LogP) is 1.58. The number of nitro groups is 1. The van der Waals surface area contributed by atoms with Gasteiger partial charge in [0.2, 0.25) is 0 Å². The first-order chi connectivity index (χ1) is 8.13. The summed E-state index contributed by atoms with van der Waals surface area (Å²) in [5.41, 5.74) is 7.09. The minimum Gasteiger partial charge on any atom is -0.496 e. The fourth-order valence-electron chi connectivity index (χ4n) is 1.52. The summed E-state index contributed by atoms with van der Waals surface area (Å²) >= 11 is 0. The van der Waals surface area contributed by atoms with E-state index in [0.29, 0.717) is 22.7 Å². The summed E-state index contributed by atoms with van der Waals surface area (Å²) in [6.45, 7) is 0. The molecule has 0 aliphatic carbocycles. The Bertz CT molecular complexity index is 564. The average Bonchev–Trinajstić information content (AvgIpc) is 2.74. The molecule has 0 aliphatic heterocycles. The Morgan fingerprint density at radius 3 is 2.82 bits per heavy atom. The van der Waals surface area contributed by atoms with Crippen molar-refractivity contribution >= 4 is 11.4 Å². The Morgan fingerprint density at radius 1 is 1.53 bits per heavy atom. The maximum Gasteiger partial charge on any atom is 0.270 e. The fraction of sp³-hybridized carbons (Fsp3) is 0.100. The second-order valence-electron chi connectivity index (χ2n) is 3.34. The van der Waals surface area contributed by atoms with Gasteiger partial charge in [-0.2, -0.15) is 5.10 Å². The van der Waals surface area contributed by atoms with Crippen LogP contribution in [0.2, 0.25) is 0 Å². The number of benzene rings is 1. The number of rotatable bonds is 3. The van der Waals surface area contributed by atoms with E-state index in [9.17, 15) is 10.1 Å². The maximum atomic E-state index is 10.7. The number of nitro benzene ring substituents is 1. The summed E-state index contributed by atoms with van der Waals surface area (Å²) in [4.78, 5) is 10.2. The molecule has 0 unspecified atom stereocenters. The van der Waals surface area contributed by atoms with Crippen molar-refractivity contribution in [1.82, 2.24) is 10.2 Å². The molecule has 0 saturated carbocycles. The number of aromatic nitrogens is 2. The molecule has 0 fully saturated rings. The molecule has 1 aromatic carbocycles. The molecule has 3 N–H and O–H groups in total. The number of hydrogen-bond donors (Lipinski definition) is 2. The van der Waals surface area contributed by atoms with E-state index in [1.54, 1.807) is 0 Å². The van der Waals surface area contributed by atoms with Gasteiger partial charge in [-0.15, -0.1) is 0 Å². The van der Waals surface area contributed by atoms with Gasteiger partial charge in [-0.25, -0.2) is 0 Å². The quantitative estimate of drug-likeness (QED) is 0.619. The Kier molecular flexibility index (Phi) is 2.65. The molecule has 0 aliphatic rings. The summed E-state index contributed by atoms with van der Waals surface area (Å²) < 4.78 is 5.13. The monoisotopic (exact) mass is 234 g/mol. The SMILES string of the molecule is COc1ccc([N+](=O)[O-])cc1-c1[nH]ncc1N. The first-order valence-corrected chi connectivity index (χ1v) is 4.75. The van der Waals surface area contributed by atoms with Crippen LogP contribution in [0, 0.1) is 10.1 Å². The zero-order chi connectivity index (χ0) is 12.4. The fourth-order valence-corrected chi connectivity index (χ4v) is 1.52. The molecule has 0 atom stereocenters. The molecule has 17 heavy (non-hydrogen) atoms. The summed E-state index contributed by atoms with van der Waals surface area (Å²) in [6.07, 6.45) is 1.44. The smallest absolute Gasteiger partial charge is 0.270 e. The van der Waals surface area contributed by atoms with Crippen molar-refractivity contribution in [3.05, 3.63) is 34.5 Å². The molecule has 2 rings (SSSR count). The lowest BCUT2D eigenvalue weighted by atomic mass is 10.1. The van der Waals surface area contributed by atoms with Gasteiger partial charge in [0.05, 0.1) is 35.2 Å². The molecule has 2 aromatic rings. The van der Waals surface area contributed by atoms with Crippen LogP contribution in [0.1, 0.15) is 0 Å². The summed E-state index contributed by atoms with van der Waals surface area (Å²) in [5, 5.41) is 17.2. The van der Waals surface area contributed by atoms with E-state index >= 15 is 0 Å². The number of nitrogens with two attached hydrogens (primary N) is 1. The van der Waals surface area contributed by atoms with E-state index in [-0.39, 0.29) is 5.69 Å². The van der Waals surface area contributed by atoms with Crippen molar-refractivity contribution in [3.8, 4) is 17.0 Å². The minimum atomic E-state index is -0.477. The van der Waals surface area contributed by atoms with Crippen LogP contribution in [0.25, 0.3) is 11.3 Å². The first-order valence-electron chi connectivity index (χ1n) is 4.75. The minimum absolute atomic E-state index is 0.0326. The van der Waals surface area contributed by atoms with Gasteiger partial charge in [-0.3, -0.25) is 15.2 Å². The highest BCUT2D eigenvalue weighted by molar-refractivity contribution is 5.78. The molecule has 0 radical (unpaired) electrons. The normalized spacial score (nSPS) is 10.2. The molecule has 0 bridgehead atoms. The van der Waals surface area contributed by atoms with E-state index in [1.165, 1.54) is 31.5 Å². The first kappa shape index (κ1) is 10.9. The van der Waals surface area contributed by atoms with Crippen LogP contribution in [0.15, 0.2) is 24.4 Å². The van der Waals surface area contributed by atoms with E-state index < -0.39 is 4.92 Å². The molecular formula is C10H10N4O3. The molecule has 0 amide bonds. The molecule has 7 heteroatoms. The van der Waals surface area contributed by atoms with E-state index in [1.807, 2.05) is 0 Å². The van der Waals surface area contributed by atoms with Crippen LogP contribution in [0.5, 0.6) is 5.75 Å². The van der Waals surface area contributed by atoms with Gasteiger partial charge in [0.1, 0.15) is 5.75 Å². The van der Waals surface area contributed by atoms with Crippen molar-refractivity contribution in [2.45, 2.75) is 0 Å². The molecular weight excluding hydrogens is 224 g/mol. The molecule has 0 spiro atoms. The summed E-state index contributed by atoms with van der Waals surface area (Å²) in [5.74, 6) is 0.492. The lowest BCUT2D eigenvalue weighted by molar-refractivity contribution is -0.384. The second kappa shape index (κ2) is 4.12. The molecule has 1 aromatic heterocycles. The number of nitrogens with zero attached hydrogens (tertiary/aromatic N) is 2. The predicted molar refractivity (Wildman–Crippen MR) is 61.6 cm³/mol. The van der Waals surface area contributed by atoms with Gasteiger partial charge < -0.3 is 10.5 Å².